The molecule has 0 saturated heterocycles. The first-order valence-corrected chi connectivity index (χ1v) is 9.76. The summed E-state index contributed by atoms with van der Waals surface area (Å²) in [6, 6.07) is 19.5. The molecule has 0 bridgehead atoms. The molecule has 0 atom stereocenters. The van der Waals surface area contributed by atoms with Crippen LogP contribution in [0.1, 0.15) is 22.3 Å². The standard InChI is InChI=1S/C22H20Cl3NO/c1-15-2-4-16(5-3-15)12-26-13-18-10-19(23)8-9-22(18)27-14-17-6-7-20(24)11-21(17)25/h2-11,26H,12-14H2,1H3. The minimum Gasteiger partial charge on any atom is -0.489 e. The Morgan fingerprint density at radius 3 is 2.22 bits per heavy atom. The molecule has 27 heavy (non-hydrogen) atoms. The van der Waals surface area contributed by atoms with Crippen molar-refractivity contribution in [3.8, 4) is 5.75 Å². The first-order chi connectivity index (χ1) is 13.0. The van der Waals surface area contributed by atoms with E-state index in [0.717, 1.165) is 23.4 Å². The summed E-state index contributed by atoms with van der Waals surface area (Å²) in [5, 5.41) is 5.32. The van der Waals surface area contributed by atoms with Gasteiger partial charge in [-0.3, -0.25) is 0 Å². The van der Waals surface area contributed by atoms with Crippen molar-refractivity contribution in [3.05, 3.63) is 98.0 Å². The van der Waals surface area contributed by atoms with Crippen LogP contribution in [0.3, 0.4) is 0 Å². The Labute approximate surface area is 175 Å². The van der Waals surface area contributed by atoms with Gasteiger partial charge in [-0.25, -0.2) is 0 Å². The van der Waals surface area contributed by atoms with Gasteiger partial charge in [0.1, 0.15) is 12.4 Å². The van der Waals surface area contributed by atoms with Gasteiger partial charge in [-0.15, -0.1) is 0 Å². The van der Waals surface area contributed by atoms with E-state index in [0.29, 0.717) is 28.2 Å². The molecule has 5 heteroatoms. The Morgan fingerprint density at radius 2 is 1.48 bits per heavy atom. The fraction of sp³-hybridized carbons (Fsp3) is 0.182. The van der Waals surface area contributed by atoms with Crippen LogP contribution in [0, 0.1) is 6.92 Å². The second kappa shape index (κ2) is 9.48. The van der Waals surface area contributed by atoms with Crippen molar-refractivity contribution in [3.63, 3.8) is 0 Å². The number of aryl methyl sites for hydroxylation is 1. The van der Waals surface area contributed by atoms with Crippen LogP contribution < -0.4 is 10.1 Å². The number of rotatable bonds is 7. The molecule has 0 heterocycles. The minimum absolute atomic E-state index is 0.364. The van der Waals surface area contributed by atoms with E-state index in [-0.39, 0.29) is 0 Å². The van der Waals surface area contributed by atoms with Gasteiger partial charge >= 0.3 is 0 Å². The first kappa shape index (κ1) is 20.0. The highest BCUT2D eigenvalue weighted by Gasteiger charge is 2.08. The summed E-state index contributed by atoms with van der Waals surface area (Å²) in [5.74, 6) is 0.779. The average molecular weight is 421 g/mol. The number of hydrogen-bond acceptors (Lipinski definition) is 2. The number of halogens is 3. The summed E-state index contributed by atoms with van der Waals surface area (Å²) in [5.41, 5.74) is 4.37. The molecule has 0 spiro atoms. The molecule has 3 rings (SSSR count). The van der Waals surface area contributed by atoms with Gasteiger partial charge in [0, 0.05) is 39.3 Å². The van der Waals surface area contributed by atoms with E-state index in [4.69, 9.17) is 39.5 Å². The van der Waals surface area contributed by atoms with Crippen LogP contribution in [-0.2, 0) is 19.7 Å². The molecule has 140 valence electrons. The van der Waals surface area contributed by atoms with Gasteiger partial charge in [-0.1, -0.05) is 70.7 Å². The third-order valence-corrected chi connectivity index (χ3v) is 5.01. The molecule has 3 aromatic carbocycles. The lowest BCUT2D eigenvalue weighted by molar-refractivity contribution is 0.302. The maximum absolute atomic E-state index is 6.23. The lowest BCUT2D eigenvalue weighted by Crippen LogP contribution is -2.13. The number of ether oxygens (including phenoxy) is 1. The highest BCUT2D eigenvalue weighted by atomic mass is 35.5. The van der Waals surface area contributed by atoms with Crippen molar-refractivity contribution in [2.45, 2.75) is 26.6 Å². The van der Waals surface area contributed by atoms with E-state index < -0.39 is 0 Å². The van der Waals surface area contributed by atoms with Crippen LogP contribution in [0.5, 0.6) is 5.75 Å². The molecular formula is C22H20Cl3NO. The van der Waals surface area contributed by atoms with E-state index in [1.807, 2.05) is 24.3 Å². The summed E-state index contributed by atoms with van der Waals surface area (Å²) in [6.07, 6.45) is 0. The monoisotopic (exact) mass is 419 g/mol. The Hall–Kier alpha value is -1.71. The number of nitrogens with one attached hydrogen (secondary N) is 1. The highest BCUT2D eigenvalue weighted by Crippen LogP contribution is 2.26. The van der Waals surface area contributed by atoms with E-state index in [9.17, 15) is 0 Å². The zero-order valence-corrected chi connectivity index (χ0v) is 17.2. The summed E-state index contributed by atoms with van der Waals surface area (Å²) in [6.45, 7) is 3.87. The molecule has 0 aliphatic rings. The predicted molar refractivity (Wildman–Crippen MR) is 114 cm³/mol. The quantitative estimate of drug-likeness (QED) is 0.452. The maximum atomic E-state index is 6.23. The predicted octanol–water partition coefficient (Wildman–Crippen LogP) is 6.82. The molecule has 0 radical (unpaired) electrons. The minimum atomic E-state index is 0.364. The van der Waals surface area contributed by atoms with E-state index in [2.05, 4.69) is 36.5 Å². The van der Waals surface area contributed by atoms with Crippen LogP contribution in [0.25, 0.3) is 0 Å². The van der Waals surface area contributed by atoms with Crippen LogP contribution >= 0.6 is 34.8 Å². The van der Waals surface area contributed by atoms with Crippen molar-refractivity contribution in [1.82, 2.24) is 5.32 Å². The second-order valence-corrected chi connectivity index (χ2v) is 7.65. The molecular weight excluding hydrogens is 401 g/mol. The molecule has 0 amide bonds. The van der Waals surface area contributed by atoms with Gasteiger partial charge < -0.3 is 10.1 Å². The molecule has 3 aromatic rings. The molecule has 0 aromatic heterocycles. The Kier molecular flexibility index (Phi) is 7.03. The van der Waals surface area contributed by atoms with E-state index in [1.165, 1.54) is 11.1 Å². The van der Waals surface area contributed by atoms with Crippen LogP contribution in [-0.4, -0.2) is 0 Å². The first-order valence-electron chi connectivity index (χ1n) is 8.62. The normalized spacial score (nSPS) is 10.8. The van der Waals surface area contributed by atoms with Crippen molar-refractivity contribution >= 4 is 34.8 Å². The Bertz CT molecular complexity index is 910. The number of benzene rings is 3. The summed E-state index contributed by atoms with van der Waals surface area (Å²) >= 11 is 18.3. The van der Waals surface area contributed by atoms with Gasteiger partial charge in [-0.2, -0.15) is 0 Å². The summed E-state index contributed by atoms with van der Waals surface area (Å²) in [4.78, 5) is 0. The van der Waals surface area contributed by atoms with E-state index >= 15 is 0 Å². The van der Waals surface area contributed by atoms with Crippen LogP contribution in [0.15, 0.2) is 60.7 Å². The fourth-order valence-corrected chi connectivity index (χ4v) is 3.33. The zero-order chi connectivity index (χ0) is 19.2. The lowest BCUT2D eigenvalue weighted by atomic mass is 10.1. The van der Waals surface area contributed by atoms with E-state index in [1.54, 1.807) is 12.1 Å². The van der Waals surface area contributed by atoms with Crippen molar-refractivity contribution in [2.24, 2.45) is 0 Å². The topological polar surface area (TPSA) is 21.3 Å². The smallest absolute Gasteiger partial charge is 0.124 e. The highest BCUT2D eigenvalue weighted by molar-refractivity contribution is 6.35. The lowest BCUT2D eigenvalue weighted by Gasteiger charge is -2.14. The van der Waals surface area contributed by atoms with Crippen molar-refractivity contribution in [2.75, 3.05) is 0 Å². The average Bonchev–Trinajstić information content (AvgIpc) is 2.64. The molecule has 0 unspecified atom stereocenters. The molecule has 0 saturated carbocycles. The Morgan fingerprint density at radius 1 is 0.778 bits per heavy atom. The summed E-state index contributed by atoms with van der Waals surface area (Å²) < 4.78 is 5.99. The molecule has 0 aliphatic carbocycles. The fourth-order valence-electron chi connectivity index (χ4n) is 2.67. The van der Waals surface area contributed by atoms with Crippen LogP contribution in [0.4, 0.5) is 0 Å². The second-order valence-electron chi connectivity index (χ2n) is 6.37. The van der Waals surface area contributed by atoms with Gasteiger partial charge in [0.2, 0.25) is 0 Å². The van der Waals surface area contributed by atoms with Gasteiger partial charge in [-0.05, 0) is 42.8 Å². The Balaban J connectivity index is 1.64. The molecule has 2 nitrogen and oxygen atoms in total. The van der Waals surface area contributed by atoms with Crippen LogP contribution in [0.2, 0.25) is 15.1 Å². The summed E-state index contributed by atoms with van der Waals surface area (Å²) in [7, 11) is 0. The third kappa shape index (κ3) is 5.88. The van der Waals surface area contributed by atoms with Gasteiger partial charge in [0.05, 0.1) is 0 Å². The van der Waals surface area contributed by atoms with Crippen molar-refractivity contribution in [1.29, 1.82) is 0 Å². The largest absolute Gasteiger partial charge is 0.489 e. The maximum Gasteiger partial charge on any atom is 0.124 e. The van der Waals surface area contributed by atoms with Gasteiger partial charge in [0.25, 0.3) is 0 Å². The SMILES string of the molecule is Cc1ccc(CNCc2cc(Cl)ccc2OCc2ccc(Cl)cc2Cl)cc1. The molecule has 0 aliphatic heterocycles. The zero-order valence-electron chi connectivity index (χ0n) is 14.9. The van der Waals surface area contributed by atoms with Crippen molar-refractivity contribution < 1.29 is 4.74 Å². The third-order valence-electron chi connectivity index (χ3n) is 4.19. The molecule has 0 fully saturated rings. The number of hydrogen-bond donors (Lipinski definition) is 1. The van der Waals surface area contributed by atoms with Gasteiger partial charge in [0.15, 0.2) is 0 Å². The molecule has 1 N–H and O–H groups in total.